The average molecular weight is 336 g/mol. The van der Waals surface area contributed by atoms with Gasteiger partial charge in [0.2, 0.25) is 0 Å². The number of nitrogens with one attached hydrogen (secondary N) is 1. The zero-order chi connectivity index (χ0) is 17.6. The number of carbonyl (C=O) groups is 1. The van der Waals surface area contributed by atoms with Crippen molar-refractivity contribution >= 4 is 16.8 Å². The molecule has 0 aliphatic rings. The molecule has 3 rings (SSSR count). The van der Waals surface area contributed by atoms with Crippen molar-refractivity contribution < 1.29 is 4.79 Å². The van der Waals surface area contributed by atoms with Gasteiger partial charge in [0.05, 0.1) is 23.0 Å². The first kappa shape index (κ1) is 17.1. The molecular formula is C20H24N4O. The molecule has 0 spiro atoms. The van der Waals surface area contributed by atoms with E-state index in [1.54, 1.807) is 10.9 Å². The SMILES string of the molecule is CCCCCCNC(=O)c1cc(-c2cnn(C)c2)nc2ccccc12. The van der Waals surface area contributed by atoms with E-state index < -0.39 is 0 Å². The van der Waals surface area contributed by atoms with Crippen LogP contribution in [-0.2, 0) is 7.05 Å². The van der Waals surface area contributed by atoms with Crippen LogP contribution in [0.4, 0.5) is 0 Å². The fraction of sp³-hybridized carbons (Fsp3) is 0.350. The summed E-state index contributed by atoms with van der Waals surface area (Å²) in [5, 5.41) is 8.12. The maximum atomic E-state index is 12.7. The Morgan fingerprint density at radius 3 is 2.80 bits per heavy atom. The van der Waals surface area contributed by atoms with Crippen LogP contribution in [0, 0.1) is 0 Å². The first-order valence-electron chi connectivity index (χ1n) is 8.86. The summed E-state index contributed by atoms with van der Waals surface area (Å²) in [4.78, 5) is 17.4. The Morgan fingerprint density at radius 1 is 1.20 bits per heavy atom. The van der Waals surface area contributed by atoms with Crippen molar-refractivity contribution in [1.82, 2.24) is 20.1 Å². The predicted molar refractivity (Wildman–Crippen MR) is 100 cm³/mol. The number of amides is 1. The number of carbonyl (C=O) groups excluding carboxylic acids is 1. The minimum Gasteiger partial charge on any atom is -0.352 e. The van der Waals surface area contributed by atoms with E-state index in [9.17, 15) is 4.79 Å². The second-order valence-electron chi connectivity index (χ2n) is 6.29. The molecule has 1 aromatic carbocycles. The van der Waals surface area contributed by atoms with Gasteiger partial charge >= 0.3 is 0 Å². The lowest BCUT2D eigenvalue weighted by Crippen LogP contribution is -2.24. The maximum Gasteiger partial charge on any atom is 0.252 e. The Labute approximate surface area is 148 Å². The van der Waals surface area contributed by atoms with Crippen LogP contribution in [-0.4, -0.2) is 27.2 Å². The number of hydrogen-bond acceptors (Lipinski definition) is 3. The topological polar surface area (TPSA) is 59.8 Å². The predicted octanol–water partition coefficient (Wildman–Crippen LogP) is 3.95. The number of benzene rings is 1. The first-order valence-corrected chi connectivity index (χ1v) is 8.86. The molecule has 1 N–H and O–H groups in total. The number of nitrogens with zero attached hydrogens (tertiary/aromatic N) is 3. The molecule has 0 saturated carbocycles. The monoisotopic (exact) mass is 336 g/mol. The molecule has 0 aliphatic heterocycles. The summed E-state index contributed by atoms with van der Waals surface area (Å²) in [5.74, 6) is -0.0414. The van der Waals surface area contributed by atoms with Crippen molar-refractivity contribution in [2.24, 2.45) is 7.05 Å². The zero-order valence-corrected chi connectivity index (χ0v) is 14.8. The summed E-state index contributed by atoms with van der Waals surface area (Å²) in [6.45, 7) is 2.89. The molecular weight excluding hydrogens is 312 g/mol. The number of fused-ring (bicyclic) bond motifs is 1. The lowest BCUT2D eigenvalue weighted by atomic mass is 10.0. The standard InChI is InChI=1S/C20H24N4O/c1-3-4-5-8-11-21-20(25)17-12-19(15-13-22-24(2)14-15)23-18-10-7-6-9-16(17)18/h6-7,9-10,12-14H,3-5,8,11H2,1-2H3,(H,21,25). The van der Waals surface area contributed by atoms with Crippen molar-refractivity contribution in [2.75, 3.05) is 6.54 Å². The Morgan fingerprint density at radius 2 is 2.04 bits per heavy atom. The van der Waals surface area contributed by atoms with E-state index in [1.807, 2.05) is 43.6 Å². The largest absolute Gasteiger partial charge is 0.352 e. The number of hydrogen-bond donors (Lipinski definition) is 1. The highest BCUT2D eigenvalue weighted by molar-refractivity contribution is 6.07. The Kier molecular flexibility index (Phi) is 5.43. The normalized spacial score (nSPS) is 11.0. The summed E-state index contributed by atoms with van der Waals surface area (Å²) in [7, 11) is 1.87. The van der Waals surface area contributed by atoms with Gasteiger partial charge in [0.15, 0.2) is 0 Å². The molecule has 1 amide bonds. The molecule has 0 fully saturated rings. The molecule has 0 unspecified atom stereocenters. The molecule has 0 saturated heterocycles. The molecule has 0 aliphatic carbocycles. The fourth-order valence-electron chi connectivity index (χ4n) is 2.91. The van der Waals surface area contributed by atoms with E-state index in [4.69, 9.17) is 0 Å². The molecule has 0 atom stereocenters. The van der Waals surface area contributed by atoms with Crippen LogP contribution >= 0.6 is 0 Å². The number of pyridine rings is 1. The Hall–Kier alpha value is -2.69. The minimum absolute atomic E-state index is 0.0414. The summed E-state index contributed by atoms with van der Waals surface area (Å²) in [6, 6.07) is 9.62. The van der Waals surface area contributed by atoms with Crippen molar-refractivity contribution in [3.63, 3.8) is 0 Å². The molecule has 130 valence electrons. The van der Waals surface area contributed by atoms with Crippen molar-refractivity contribution in [3.05, 3.63) is 48.3 Å². The van der Waals surface area contributed by atoms with Gasteiger partial charge in [-0.15, -0.1) is 0 Å². The smallest absolute Gasteiger partial charge is 0.252 e. The molecule has 5 nitrogen and oxygen atoms in total. The summed E-state index contributed by atoms with van der Waals surface area (Å²) >= 11 is 0. The lowest BCUT2D eigenvalue weighted by molar-refractivity contribution is 0.0954. The van der Waals surface area contributed by atoms with Crippen LogP contribution in [0.2, 0.25) is 0 Å². The number of para-hydroxylation sites is 1. The third-order valence-electron chi connectivity index (χ3n) is 4.28. The van der Waals surface area contributed by atoms with Gasteiger partial charge in [-0.3, -0.25) is 9.48 Å². The second kappa shape index (κ2) is 7.92. The van der Waals surface area contributed by atoms with E-state index in [0.717, 1.165) is 35.0 Å². The van der Waals surface area contributed by atoms with Crippen LogP contribution in [0.3, 0.4) is 0 Å². The Bertz CT molecular complexity index is 869. The van der Waals surface area contributed by atoms with E-state index >= 15 is 0 Å². The molecule has 5 heteroatoms. The highest BCUT2D eigenvalue weighted by Gasteiger charge is 2.14. The van der Waals surface area contributed by atoms with Gasteiger partial charge < -0.3 is 5.32 Å². The van der Waals surface area contributed by atoms with Crippen LogP contribution in [0.1, 0.15) is 43.0 Å². The molecule has 2 aromatic heterocycles. The van der Waals surface area contributed by atoms with Gasteiger partial charge in [-0.2, -0.15) is 5.10 Å². The van der Waals surface area contributed by atoms with Crippen molar-refractivity contribution in [1.29, 1.82) is 0 Å². The molecule has 0 bridgehead atoms. The number of rotatable bonds is 7. The third kappa shape index (κ3) is 4.05. The Balaban J connectivity index is 1.88. The number of aromatic nitrogens is 3. The second-order valence-corrected chi connectivity index (χ2v) is 6.29. The highest BCUT2D eigenvalue weighted by Crippen LogP contribution is 2.24. The van der Waals surface area contributed by atoms with Gasteiger partial charge in [0, 0.05) is 30.7 Å². The first-order chi connectivity index (χ1) is 12.2. The quantitative estimate of drug-likeness (QED) is 0.665. The third-order valence-corrected chi connectivity index (χ3v) is 4.28. The van der Waals surface area contributed by atoms with Gasteiger partial charge in [-0.05, 0) is 18.6 Å². The van der Waals surface area contributed by atoms with Gasteiger partial charge in [-0.1, -0.05) is 44.4 Å². The molecule has 25 heavy (non-hydrogen) atoms. The highest BCUT2D eigenvalue weighted by atomic mass is 16.1. The molecule has 2 heterocycles. The van der Waals surface area contributed by atoms with Crippen LogP contribution < -0.4 is 5.32 Å². The fourth-order valence-corrected chi connectivity index (χ4v) is 2.91. The molecule has 3 aromatic rings. The summed E-state index contributed by atoms with van der Waals surface area (Å²) < 4.78 is 1.74. The number of aryl methyl sites for hydroxylation is 1. The van der Waals surface area contributed by atoms with Crippen LogP contribution in [0.5, 0.6) is 0 Å². The van der Waals surface area contributed by atoms with E-state index in [1.165, 1.54) is 12.8 Å². The van der Waals surface area contributed by atoms with Crippen LogP contribution in [0.25, 0.3) is 22.2 Å². The van der Waals surface area contributed by atoms with Crippen LogP contribution in [0.15, 0.2) is 42.7 Å². The minimum atomic E-state index is -0.0414. The maximum absolute atomic E-state index is 12.7. The van der Waals surface area contributed by atoms with Crippen molar-refractivity contribution in [3.8, 4) is 11.3 Å². The van der Waals surface area contributed by atoms with Gasteiger partial charge in [0.1, 0.15) is 0 Å². The summed E-state index contributed by atoms with van der Waals surface area (Å²) in [6.07, 6.45) is 8.23. The van der Waals surface area contributed by atoms with E-state index in [0.29, 0.717) is 12.1 Å². The van der Waals surface area contributed by atoms with Gasteiger partial charge in [-0.25, -0.2) is 4.98 Å². The average Bonchev–Trinajstić information content (AvgIpc) is 3.07. The molecule has 0 radical (unpaired) electrons. The van der Waals surface area contributed by atoms with E-state index in [-0.39, 0.29) is 5.91 Å². The lowest BCUT2D eigenvalue weighted by Gasteiger charge is -2.10. The van der Waals surface area contributed by atoms with Gasteiger partial charge in [0.25, 0.3) is 5.91 Å². The van der Waals surface area contributed by atoms with E-state index in [2.05, 4.69) is 22.3 Å². The number of unbranched alkanes of at least 4 members (excludes halogenated alkanes) is 3. The zero-order valence-electron chi connectivity index (χ0n) is 14.8. The van der Waals surface area contributed by atoms with Crippen molar-refractivity contribution in [2.45, 2.75) is 32.6 Å². The summed E-state index contributed by atoms with van der Waals surface area (Å²) in [5.41, 5.74) is 3.16.